The second kappa shape index (κ2) is 6.56. The van der Waals surface area contributed by atoms with E-state index >= 15 is 0 Å². The summed E-state index contributed by atoms with van der Waals surface area (Å²) in [6, 6.07) is 8.85. The van der Waals surface area contributed by atoms with Crippen LogP contribution in [0.25, 0.3) is 0 Å². The van der Waals surface area contributed by atoms with Gasteiger partial charge in [-0.1, -0.05) is 6.07 Å². The van der Waals surface area contributed by atoms with E-state index < -0.39 is 0 Å². The van der Waals surface area contributed by atoms with Crippen molar-refractivity contribution in [3.63, 3.8) is 0 Å². The van der Waals surface area contributed by atoms with Gasteiger partial charge in [-0.25, -0.2) is 4.98 Å². The molecule has 0 radical (unpaired) electrons. The molecule has 0 bridgehead atoms. The van der Waals surface area contributed by atoms with Crippen LogP contribution in [0.15, 0.2) is 36.5 Å². The number of pyridine rings is 1. The molecule has 120 valence electrons. The number of rotatable bonds is 4. The number of amides is 1. The second-order valence-electron chi connectivity index (χ2n) is 5.19. The number of benzene rings is 1. The van der Waals surface area contributed by atoms with Crippen molar-refractivity contribution in [1.82, 2.24) is 10.3 Å². The average Bonchev–Trinajstić information content (AvgIpc) is 2.61. The average molecular weight is 314 g/mol. The van der Waals surface area contributed by atoms with Gasteiger partial charge in [-0.05, 0) is 30.7 Å². The van der Waals surface area contributed by atoms with Crippen LogP contribution in [-0.2, 0) is 0 Å². The summed E-state index contributed by atoms with van der Waals surface area (Å²) >= 11 is 0. The van der Waals surface area contributed by atoms with E-state index in [1.165, 1.54) is 13.3 Å². The summed E-state index contributed by atoms with van der Waals surface area (Å²) in [7, 11) is 1.53. The molecule has 0 spiro atoms. The van der Waals surface area contributed by atoms with Crippen molar-refractivity contribution in [2.45, 2.75) is 13.0 Å². The Hall–Kier alpha value is -2.76. The topological polar surface area (TPSA) is 69.7 Å². The first kappa shape index (κ1) is 15.1. The minimum Gasteiger partial charge on any atom is -0.486 e. The molecule has 2 heterocycles. The smallest absolute Gasteiger partial charge is 0.253 e. The highest BCUT2D eigenvalue weighted by Crippen LogP contribution is 2.32. The van der Waals surface area contributed by atoms with Crippen LogP contribution in [0.4, 0.5) is 0 Å². The number of methoxy groups -OCH3 is 1. The quantitative estimate of drug-likeness (QED) is 0.938. The SMILES string of the molecule is COc1ccc(C(=O)N[C@@H](C)c2ccc3c(c2)OCCO3)cn1. The van der Waals surface area contributed by atoms with Gasteiger partial charge in [0.05, 0.1) is 18.7 Å². The predicted octanol–water partition coefficient (Wildman–Crippen LogP) is 2.35. The van der Waals surface area contributed by atoms with Crippen LogP contribution in [0.2, 0.25) is 0 Å². The fraction of sp³-hybridized carbons (Fsp3) is 0.294. The standard InChI is InChI=1S/C17H18N2O4/c1-11(12-3-5-14-15(9-12)23-8-7-22-14)19-17(20)13-4-6-16(21-2)18-10-13/h3-6,9-11H,7-8H2,1-2H3,(H,19,20)/t11-/m0/s1. The Labute approximate surface area is 134 Å². The van der Waals surface area contributed by atoms with Crippen molar-refractivity contribution in [2.24, 2.45) is 0 Å². The zero-order chi connectivity index (χ0) is 16.2. The van der Waals surface area contributed by atoms with Crippen molar-refractivity contribution < 1.29 is 19.0 Å². The highest BCUT2D eigenvalue weighted by molar-refractivity contribution is 5.94. The minimum absolute atomic E-state index is 0.166. The maximum Gasteiger partial charge on any atom is 0.253 e. The molecule has 0 saturated carbocycles. The third kappa shape index (κ3) is 3.36. The lowest BCUT2D eigenvalue weighted by Crippen LogP contribution is -2.27. The summed E-state index contributed by atoms with van der Waals surface area (Å²) in [6.07, 6.45) is 1.49. The lowest BCUT2D eigenvalue weighted by molar-refractivity contribution is 0.0939. The molecule has 0 aliphatic carbocycles. The molecule has 3 rings (SSSR count). The van der Waals surface area contributed by atoms with Gasteiger partial charge in [0.15, 0.2) is 11.5 Å². The van der Waals surface area contributed by atoms with E-state index in [-0.39, 0.29) is 11.9 Å². The van der Waals surface area contributed by atoms with Gasteiger partial charge in [0.2, 0.25) is 5.88 Å². The first-order valence-electron chi connectivity index (χ1n) is 7.38. The molecule has 0 saturated heterocycles. The molecule has 1 N–H and O–H groups in total. The van der Waals surface area contributed by atoms with E-state index in [1.807, 2.05) is 25.1 Å². The summed E-state index contributed by atoms with van der Waals surface area (Å²) in [4.78, 5) is 16.3. The molecule has 6 nitrogen and oxygen atoms in total. The van der Waals surface area contributed by atoms with Gasteiger partial charge in [0.1, 0.15) is 13.2 Å². The highest BCUT2D eigenvalue weighted by atomic mass is 16.6. The van der Waals surface area contributed by atoms with Crippen molar-refractivity contribution in [3.05, 3.63) is 47.7 Å². The molecule has 6 heteroatoms. The number of hydrogen-bond donors (Lipinski definition) is 1. The summed E-state index contributed by atoms with van der Waals surface area (Å²) in [5.41, 5.74) is 1.43. The molecule has 1 aliphatic heterocycles. The Morgan fingerprint density at radius 3 is 2.70 bits per heavy atom. The van der Waals surface area contributed by atoms with Gasteiger partial charge in [0.25, 0.3) is 5.91 Å². The van der Waals surface area contributed by atoms with Crippen LogP contribution in [0, 0.1) is 0 Å². The lowest BCUT2D eigenvalue weighted by Gasteiger charge is -2.21. The van der Waals surface area contributed by atoms with E-state index in [9.17, 15) is 4.79 Å². The van der Waals surface area contributed by atoms with Gasteiger partial charge >= 0.3 is 0 Å². The van der Waals surface area contributed by atoms with Crippen LogP contribution in [0.1, 0.15) is 28.9 Å². The lowest BCUT2D eigenvalue weighted by atomic mass is 10.1. The monoisotopic (exact) mass is 314 g/mol. The number of aromatic nitrogens is 1. The normalized spacial score (nSPS) is 14.0. The number of carbonyl (C=O) groups excluding carboxylic acids is 1. The molecule has 1 aromatic heterocycles. The number of nitrogens with one attached hydrogen (secondary N) is 1. The summed E-state index contributed by atoms with van der Waals surface area (Å²) in [5, 5.41) is 2.94. The molecule has 1 aromatic carbocycles. The summed E-state index contributed by atoms with van der Waals surface area (Å²) < 4.78 is 16.0. The van der Waals surface area contributed by atoms with Gasteiger partial charge < -0.3 is 19.5 Å². The zero-order valence-corrected chi connectivity index (χ0v) is 13.0. The number of nitrogens with zero attached hydrogens (tertiary/aromatic N) is 1. The Kier molecular flexibility index (Phi) is 4.32. The predicted molar refractivity (Wildman–Crippen MR) is 84.1 cm³/mol. The molecule has 2 aromatic rings. The highest BCUT2D eigenvalue weighted by Gasteiger charge is 2.16. The molecular weight excluding hydrogens is 296 g/mol. The van der Waals surface area contributed by atoms with E-state index in [4.69, 9.17) is 14.2 Å². The number of fused-ring (bicyclic) bond motifs is 1. The maximum absolute atomic E-state index is 12.3. The minimum atomic E-state index is -0.192. The maximum atomic E-state index is 12.3. The van der Waals surface area contributed by atoms with E-state index in [0.717, 1.165) is 11.3 Å². The van der Waals surface area contributed by atoms with Gasteiger partial charge in [-0.2, -0.15) is 0 Å². The van der Waals surface area contributed by atoms with Crippen molar-refractivity contribution in [3.8, 4) is 17.4 Å². The Morgan fingerprint density at radius 1 is 1.22 bits per heavy atom. The van der Waals surface area contributed by atoms with Crippen molar-refractivity contribution in [1.29, 1.82) is 0 Å². The number of carbonyl (C=O) groups is 1. The van der Waals surface area contributed by atoms with Crippen LogP contribution >= 0.6 is 0 Å². The first-order valence-corrected chi connectivity index (χ1v) is 7.38. The second-order valence-corrected chi connectivity index (χ2v) is 5.19. The fourth-order valence-corrected chi connectivity index (χ4v) is 2.33. The van der Waals surface area contributed by atoms with Crippen molar-refractivity contribution in [2.75, 3.05) is 20.3 Å². The molecule has 1 atom stereocenters. The van der Waals surface area contributed by atoms with E-state index in [2.05, 4.69) is 10.3 Å². The number of hydrogen-bond acceptors (Lipinski definition) is 5. The van der Waals surface area contributed by atoms with E-state index in [0.29, 0.717) is 30.4 Å². The Morgan fingerprint density at radius 2 is 2.00 bits per heavy atom. The summed E-state index contributed by atoms with van der Waals surface area (Å²) in [5.74, 6) is 1.72. The first-order chi connectivity index (χ1) is 11.2. The van der Waals surface area contributed by atoms with E-state index in [1.54, 1.807) is 12.1 Å². The largest absolute Gasteiger partial charge is 0.486 e. The van der Waals surface area contributed by atoms with Gasteiger partial charge in [-0.3, -0.25) is 4.79 Å². The van der Waals surface area contributed by atoms with Crippen LogP contribution in [-0.4, -0.2) is 31.2 Å². The Balaban J connectivity index is 1.70. The van der Waals surface area contributed by atoms with Gasteiger partial charge in [0, 0.05) is 12.3 Å². The third-order valence-corrected chi connectivity index (χ3v) is 3.62. The molecule has 23 heavy (non-hydrogen) atoms. The molecule has 1 aliphatic rings. The zero-order valence-electron chi connectivity index (χ0n) is 13.0. The van der Waals surface area contributed by atoms with Gasteiger partial charge in [-0.15, -0.1) is 0 Å². The summed E-state index contributed by atoms with van der Waals surface area (Å²) in [6.45, 7) is 3.01. The van der Waals surface area contributed by atoms with Crippen LogP contribution < -0.4 is 19.5 Å². The van der Waals surface area contributed by atoms with Crippen LogP contribution in [0.3, 0.4) is 0 Å². The van der Waals surface area contributed by atoms with Crippen molar-refractivity contribution >= 4 is 5.91 Å². The molecule has 0 unspecified atom stereocenters. The molecule has 1 amide bonds. The molecule has 0 fully saturated rings. The molecular formula is C17H18N2O4. The van der Waals surface area contributed by atoms with Crippen LogP contribution in [0.5, 0.6) is 17.4 Å². The Bertz CT molecular complexity index is 700. The third-order valence-electron chi connectivity index (χ3n) is 3.62. The fourth-order valence-electron chi connectivity index (χ4n) is 2.33. The number of ether oxygens (including phenoxy) is 3.